The van der Waals surface area contributed by atoms with Crippen molar-refractivity contribution in [3.8, 4) is 5.75 Å². The number of nitrogens with one attached hydrogen (secondary N) is 1. The Balaban J connectivity index is 1.52. The minimum atomic E-state index is -0.332. The minimum absolute atomic E-state index is 0.0780. The van der Waals surface area contributed by atoms with Crippen molar-refractivity contribution in [1.82, 2.24) is 10.2 Å². The standard InChI is InChI=1S/C25H22N2O4/c1-16-7-9-17(10-8-16)14-26-23(28)21-13-18(11-12-22(21)31-2)15-27-24(29)19-5-3-4-6-20(19)25(27)30/h3-13H,14-15H2,1-2H3,(H,26,28). The third kappa shape index (κ3) is 4.05. The third-order valence-electron chi connectivity index (χ3n) is 5.30. The topological polar surface area (TPSA) is 75.7 Å². The molecule has 3 amide bonds. The van der Waals surface area contributed by atoms with Crippen LogP contribution in [0.2, 0.25) is 0 Å². The molecule has 0 atom stereocenters. The van der Waals surface area contributed by atoms with Crippen LogP contribution in [0.1, 0.15) is 47.8 Å². The Morgan fingerprint density at radius 3 is 2.13 bits per heavy atom. The average Bonchev–Trinajstić information content (AvgIpc) is 3.03. The number of benzene rings is 3. The number of hydrogen-bond donors (Lipinski definition) is 1. The Hall–Kier alpha value is -3.93. The van der Waals surface area contributed by atoms with Crippen LogP contribution < -0.4 is 10.1 Å². The molecule has 1 heterocycles. The van der Waals surface area contributed by atoms with Gasteiger partial charge in [0, 0.05) is 6.54 Å². The number of fused-ring (bicyclic) bond motifs is 1. The maximum Gasteiger partial charge on any atom is 0.261 e. The Labute approximate surface area is 180 Å². The van der Waals surface area contributed by atoms with Gasteiger partial charge in [0.2, 0.25) is 0 Å². The highest BCUT2D eigenvalue weighted by Crippen LogP contribution is 2.26. The van der Waals surface area contributed by atoms with Gasteiger partial charge in [0.1, 0.15) is 5.75 Å². The second-order valence-corrected chi connectivity index (χ2v) is 7.44. The summed E-state index contributed by atoms with van der Waals surface area (Å²) in [4.78, 5) is 39.3. The molecule has 0 aromatic heterocycles. The summed E-state index contributed by atoms with van der Waals surface area (Å²) in [7, 11) is 1.50. The van der Waals surface area contributed by atoms with E-state index in [0.29, 0.717) is 34.5 Å². The fourth-order valence-electron chi connectivity index (χ4n) is 3.58. The van der Waals surface area contributed by atoms with Gasteiger partial charge in [-0.3, -0.25) is 19.3 Å². The largest absolute Gasteiger partial charge is 0.496 e. The highest BCUT2D eigenvalue weighted by atomic mass is 16.5. The molecule has 0 radical (unpaired) electrons. The van der Waals surface area contributed by atoms with Crippen molar-refractivity contribution in [3.05, 3.63) is 100 Å². The summed E-state index contributed by atoms with van der Waals surface area (Å²) in [6.07, 6.45) is 0. The molecule has 1 aliphatic rings. The number of methoxy groups -OCH3 is 1. The molecule has 0 bridgehead atoms. The first-order valence-electron chi connectivity index (χ1n) is 9.94. The van der Waals surface area contributed by atoms with E-state index in [0.717, 1.165) is 11.1 Å². The van der Waals surface area contributed by atoms with E-state index in [1.165, 1.54) is 12.0 Å². The molecule has 0 fully saturated rings. The second kappa shape index (κ2) is 8.44. The van der Waals surface area contributed by atoms with Gasteiger partial charge in [0.25, 0.3) is 17.7 Å². The summed E-state index contributed by atoms with van der Waals surface area (Å²) in [6, 6.07) is 19.8. The number of rotatable bonds is 6. The highest BCUT2D eigenvalue weighted by Gasteiger charge is 2.35. The molecule has 0 unspecified atom stereocenters. The average molecular weight is 414 g/mol. The van der Waals surface area contributed by atoms with Gasteiger partial charge in [-0.1, -0.05) is 48.0 Å². The van der Waals surface area contributed by atoms with Gasteiger partial charge in [-0.05, 0) is 42.3 Å². The van der Waals surface area contributed by atoms with Gasteiger partial charge in [0.15, 0.2) is 0 Å². The lowest BCUT2D eigenvalue weighted by molar-refractivity contribution is 0.0642. The first-order valence-corrected chi connectivity index (χ1v) is 9.94. The summed E-state index contributed by atoms with van der Waals surface area (Å²) in [5.41, 5.74) is 3.95. The molecule has 3 aromatic rings. The minimum Gasteiger partial charge on any atom is -0.496 e. The van der Waals surface area contributed by atoms with E-state index < -0.39 is 0 Å². The van der Waals surface area contributed by atoms with Crippen LogP contribution in [0.5, 0.6) is 5.75 Å². The number of nitrogens with zero attached hydrogens (tertiary/aromatic N) is 1. The van der Waals surface area contributed by atoms with Crippen molar-refractivity contribution in [2.24, 2.45) is 0 Å². The molecule has 3 aromatic carbocycles. The summed E-state index contributed by atoms with van der Waals surface area (Å²) >= 11 is 0. The summed E-state index contributed by atoms with van der Waals surface area (Å²) in [5, 5.41) is 2.90. The summed E-state index contributed by atoms with van der Waals surface area (Å²) in [5.74, 6) is -0.530. The number of imide groups is 1. The SMILES string of the molecule is COc1ccc(CN2C(=O)c3ccccc3C2=O)cc1C(=O)NCc1ccc(C)cc1. The van der Waals surface area contributed by atoms with Crippen LogP contribution in [0.15, 0.2) is 66.7 Å². The lowest BCUT2D eigenvalue weighted by atomic mass is 10.1. The number of carbonyl (C=O) groups excluding carboxylic acids is 3. The van der Waals surface area contributed by atoms with Crippen LogP contribution in [0, 0.1) is 6.92 Å². The van der Waals surface area contributed by atoms with E-state index in [9.17, 15) is 14.4 Å². The van der Waals surface area contributed by atoms with Gasteiger partial charge in [-0.15, -0.1) is 0 Å². The van der Waals surface area contributed by atoms with E-state index in [4.69, 9.17) is 4.74 Å². The maximum atomic E-state index is 12.8. The zero-order chi connectivity index (χ0) is 22.0. The van der Waals surface area contributed by atoms with E-state index >= 15 is 0 Å². The molecule has 0 spiro atoms. The van der Waals surface area contributed by atoms with Crippen molar-refractivity contribution in [3.63, 3.8) is 0 Å². The Morgan fingerprint density at radius 1 is 0.903 bits per heavy atom. The fourth-order valence-corrected chi connectivity index (χ4v) is 3.58. The molecule has 0 saturated heterocycles. The smallest absolute Gasteiger partial charge is 0.261 e. The van der Waals surface area contributed by atoms with Crippen molar-refractivity contribution in [2.45, 2.75) is 20.0 Å². The van der Waals surface area contributed by atoms with Crippen LogP contribution in [0.4, 0.5) is 0 Å². The normalized spacial score (nSPS) is 12.6. The molecule has 1 aliphatic heterocycles. The first kappa shape index (κ1) is 20.3. The number of amides is 3. The summed E-state index contributed by atoms with van der Waals surface area (Å²) in [6.45, 7) is 2.46. The lowest BCUT2D eigenvalue weighted by Crippen LogP contribution is -2.29. The third-order valence-corrected chi connectivity index (χ3v) is 5.30. The lowest BCUT2D eigenvalue weighted by Gasteiger charge is -2.16. The molecule has 1 N–H and O–H groups in total. The Kier molecular flexibility index (Phi) is 5.54. The van der Waals surface area contributed by atoms with Crippen LogP contribution in [-0.4, -0.2) is 29.7 Å². The zero-order valence-electron chi connectivity index (χ0n) is 17.3. The van der Waals surface area contributed by atoms with Gasteiger partial charge in [-0.2, -0.15) is 0 Å². The summed E-state index contributed by atoms with van der Waals surface area (Å²) < 4.78 is 5.34. The van der Waals surface area contributed by atoms with Crippen LogP contribution in [0.25, 0.3) is 0 Å². The number of carbonyl (C=O) groups is 3. The molecule has 0 saturated carbocycles. The van der Waals surface area contributed by atoms with Gasteiger partial charge in [-0.25, -0.2) is 0 Å². The maximum absolute atomic E-state index is 12.8. The fraction of sp³-hybridized carbons (Fsp3) is 0.160. The van der Waals surface area contributed by atoms with Crippen LogP contribution in [-0.2, 0) is 13.1 Å². The van der Waals surface area contributed by atoms with E-state index in [1.807, 2.05) is 31.2 Å². The van der Waals surface area contributed by atoms with Gasteiger partial charge >= 0.3 is 0 Å². The molecular formula is C25H22N2O4. The number of hydrogen-bond acceptors (Lipinski definition) is 4. The molecular weight excluding hydrogens is 392 g/mol. The Bertz CT molecular complexity index is 1130. The zero-order valence-corrected chi connectivity index (χ0v) is 17.3. The Morgan fingerprint density at radius 2 is 1.52 bits per heavy atom. The van der Waals surface area contributed by atoms with Crippen LogP contribution in [0.3, 0.4) is 0 Å². The molecule has 6 nitrogen and oxygen atoms in total. The van der Waals surface area contributed by atoms with Crippen molar-refractivity contribution < 1.29 is 19.1 Å². The van der Waals surface area contributed by atoms with Crippen LogP contribution >= 0.6 is 0 Å². The molecule has 31 heavy (non-hydrogen) atoms. The molecule has 156 valence electrons. The molecule has 0 aliphatic carbocycles. The molecule has 4 rings (SSSR count). The number of aryl methyl sites for hydroxylation is 1. The van der Waals surface area contributed by atoms with E-state index in [-0.39, 0.29) is 24.3 Å². The second-order valence-electron chi connectivity index (χ2n) is 7.44. The highest BCUT2D eigenvalue weighted by molar-refractivity contribution is 6.21. The van der Waals surface area contributed by atoms with Crippen molar-refractivity contribution in [1.29, 1.82) is 0 Å². The van der Waals surface area contributed by atoms with Crippen molar-refractivity contribution in [2.75, 3.05) is 7.11 Å². The van der Waals surface area contributed by atoms with Gasteiger partial charge < -0.3 is 10.1 Å². The monoisotopic (exact) mass is 414 g/mol. The predicted molar refractivity (Wildman–Crippen MR) is 116 cm³/mol. The predicted octanol–water partition coefficient (Wildman–Crippen LogP) is 3.73. The van der Waals surface area contributed by atoms with E-state index in [1.54, 1.807) is 42.5 Å². The van der Waals surface area contributed by atoms with Gasteiger partial charge in [0.05, 0.1) is 30.3 Å². The first-order chi connectivity index (χ1) is 15.0. The quantitative estimate of drug-likeness (QED) is 0.624. The van der Waals surface area contributed by atoms with Crippen molar-refractivity contribution >= 4 is 17.7 Å². The molecule has 6 heteroatoms. The van der Waals surface area contributed by atoms with E-state index in [2.05, 4.69) is 5.32 Å². The number of ether oxygens (including phenoxy) is 1.